The number of halogens is 3. The topological polar surface area (TPSA) is 21.3 Å². The van der Waals surface area contributed by atoms with Crippen LogP contribution < -0.4 is 5.32 Å². The monoisotopic (exact) mass is 247 g/mol. The number of alkyl halides is 3. The predicted molar refractivity (Wildman–Crippen MR) is 59.8 cm³/mol. The van der Waals surface area contributed by atoms with Crippen molar-refractivity contribution in [3.05, 3.63) is 35.4 Å². The summed E-state index contributed by atoms with van der Waals surface area (Å²) in [6.45, 7) is 1.92. The smallest absolute Gasteiger partial charge is 0.371 e. The van der Waals surface area contributed by atoms with Gasteiger partial charge < -0.3 is 10.1 Å². The minimum Gasteiger partial charge on any atom is -0.371 e. The number of aryl methyl sites for hydroxylation is 1. The highest BCUT2D eigenvalue weighted by atomic mass is 19.4. The fourth-order valence-electron chi connectivity index (χ4n) is 1.27. The Hall–Kier alpha value is -1.07. The molecule has 0 heterocycles. The summed E-state index contributed by atoms with van der Waals surface area (Å²) < 4.78 is 39.6. The molecular formula is C12H16F3NO. The molecule has 0 amide bonds. The van der Waals surface area contributed by atoms with Crippen LogP contribution in [0.2, 0.25) is 0 Å². The van der Waals surface area contributed by atoms with Crippen LogP contribution in [0.4, 0.5) is 13.2 Å². The van der Waals surface area contributed by atoms with Gasteiger partial charge in [-0.05, 0) is 12.5 Å². The summed E-state index contributed by atoms with van der Waals surface area (Å²) in [7, 11) is 0. The minimum absolute atomic E-state index is 0.0609. The van der Waals surface area contributed by atoms with Crippen molar-refractivity contribution in [1.82, 2.24) is 5.32 Å². The van der Waals surface area contributed by atoms with Crippen molar-refractivity contribution in [3.8, 4) is 0 Å². The van der Waals surface area contributed by atoms with Crippen LogP contribution in [0.25, 0.3) is 0 Å². The molecule has 96 valence electrons. The Balaban J connectivity index is 2.07. The molecule has 0 atom stereocenters. The number of rotatable bonds is 6. The summed E-state index contributed by atoms with van der Waals surface area (Å²) in [6.07, 6.45) is -4.24. The molecule has 17 heavy (non-hydrogen) atoms. The van der Waals surface area contributed by atoms with Crippen LogP contribution in [0.5, 0.6) is 0 Å². The third kappa shape index (κ3) is 6.97. The lowest BCUT2D eigenvalue weighted by atomic mass is 10.1. The molecule has 0 saturated carbocycles. The molecule has 0 radical (unpaired) electrons. The molecule has 0 aliphatic heterocycles. The summed E-state index contributed by atoms with van der Waals surface area (Å²) in [5.41, 5.74) is 2.29. The molecule has 0 fully saturated rings. The fourth-order valence-corrected chi connectivity index (χ4v) is 1.27. The van der Waals surface area contributed by atoms with E-state index in [4.69, 9.17) is 0 Å². The number of hydrogen-bond donors (Lipinski definition) is 1. The zero-order valence-corrected chi connectivity index (χ0v) is 9.68. The van der Waals surface area contributed by atoms with Crippen LogP contribution in [0.3, 0.4) is 0 Å². The first-order valence-corrected chi connectivity index (χ1v) is 5.38. The molecule has 0 saturated heterocycles. The van der Waals surface area contributed by atoms with E-state index in [1.54, 1.807) is 0 Å². The largest absolute Gasteiger partial charge is 0.411 e. The Morgan fingerprint density at radius 1 is 1.18 bits per heavy atom. The summed E-state index contributed by atoms with van der Waals surface area (Å²) in [4.78, 5) is 0. The first-order valence-electron chi connectivity index (χ1n) is 5.38. The van der Waals surface area contributed by atoms with Gasteiger partial charge in [0, 0.05) is 13.1 Å². The van der Waals surface area contributed by atoms with E-state index in [0.717, 1.165) is 5.56 Å². The zero-order valence-electron chi connectivity index (χ0n) is 9.68. The van der Waals surface area contributed by atoms with Crippen molar-refractivity contribution in [1.29, 1.82) is 0 Å². The second-order valence-electron chi connectivity index (χ2n) is 3.83. The van der Waals surface area contributed by atoms with Gasteiger partial charge in [-0.2, -0.15) is 13.2 Å². The van der Waals surface area contributed by atoms with Crippen LogP contribution in [0, 0.1) is 6.92 Å². The molecule has 0 aromatic heterocycles. The van der Waals surface area contributed by atoms with E-state index in [1.165, 1.54) is 5.56 Å². The molecule has 0 bridgehead atoms. The van der Waals surface area contributed by atoms with Gasteiger partial charge in [0.15, 0.2) is 0 Å². The quantitative estimate of drug-likeness (QED) is 0.780. The minimum atomic E-state index is -4.24. The molecule has 2 nitrogen and oxygen atoms in total. The lowest BCUT2D eigenvalue weighted by molar-refractivity contribution is -0.173. The Labute approximate surface area is 98.8 Å². The van der Waals surface area contributed by atoms with E-state index in [9.17, 15) is 13.2 Å². The van der Waals surface area contributed by atoms with Gasteiger partial charge in [-0.15, -0.1) is 0 Å². The first kappa shape index (κ1) is 14.0. The van der Waals surface area contributed by atoms with Crippen molar-refractivity contribution in [2.45, 2.75) is 19.6 Å². The lowest BCUT2D eigenvalue weighted by Gasteiger charge is -2.08. The SMILES string of the molecule is Cc1ccc(CNCCOCC(F)(F)F)cc1. The van der Waals surface area contributed by atoms with Crippen molar-refractivity contribution in [3.63, 3.8) is 0 Å². The summed E-state index contributed by atoms with van der Waals surface area (Å²) in [5.74, 6) is 0. The van der Waals surface area contributed by atoms with Crippen molar-refractivity contribution >= 4 is 0 Å². The maximum absolute atomic E-state index is 11.7. The van der Waals surface area contributed by atoms with Crippen LogP contribution in [0.1, 0.15) is 11.1 Å². The first-order chi connectivity index (χ1) is 7.97. The van der Waals surface area contributed by atoms with Gasteiger partial charge in [-0.25, -0.2) is 0 Å². The molecule has 0 spiro atoms. The van der Waals surface area contributed by atoms with Gasteiger partial charge in [0.2, 0.25) is 0 Å². The molecule has 1 aromatic rings. The van der Waals surface area contributed by atoms with Gasteiger partial charge in [0.1, 0.15) is 6.61 Å². The maximum atomic E-state index is 11.7. The molecule has 0 aliphatic carbocycles. The second-order valence-corrected chi connectivity index (χ2v) is 3.83. The van der Waals surface area contributed by atoms with Crippen molar-refractivity contribution < 1.29 is 17.9 Å². The predicted octanol–water partition coefficient (Wildman–Crippen LogP) is 2.66. The van der Waals surface area contributed by atoms with E-state index in [-0.39, 0.29) is 6.61 Å². The van der Waals surface area contributed by atoms with E-state index >= 15 is 0 Å². The molecule has 0 aliphatic rings. The van der Waals surface area contributed by atoms with Gasteiger partial charge in [-0.1, -0.05) is 29.8 Å². The second kappa shape index (κ2) is 6.61. The highest BCUT2D eigenvalue weighted by Crippen LogP contribution is 2.13. The van der Waals surface area contributed by atoms with E-state index in [2.05, 4.69) is 10.1 Å². The van der Waals surface area contributed by atoms with Crippen molar-refractivity contribution in [2.24, 2.45) is 0 Å². The third-order valence-electron chi connectivity index (χ3n) is 2.14. The Bertz CT molecular complexity index is 322. The van der Waals surface area contributed by atoms with Gasteiger partial charge in [0.05, 0.1) is 6.61 Å². The van der Waals surface area contributed by atoms with Gasteiger partial charge >= 0.3 is 6.18 Å². The number of ether oxygens (including phenoxy) is 1. The summed E-state index contributed by atoms with van der Waals surface area (Å²) in [5, 5.41) is 3.02. The van der Waals surface area contributed by atoms with E-state index in [1.807, 2.05) is 31.2 Å². The highest BCUT2D eigenvalue weighted by Gasteiger charge is 2.27. The third-order valence-corrected chi connectivity index (χ3v) is 2.14. The van der Waals surface area contributed by atoms with Crippen LogP contribution in [0.15, 0.2) is 24.3 Å². The summed E-state index contributed by atoms with van der Waals surface area (Å²) in [6, 6.07) is 7.96. The normalized spacial score (nSPS) is 11.8. The Morgan fingerprint density at radius 2 is 1.82 bits per heavy atom. The van der Waals surface area contributed by atoms with Crippen LogP contribution in [-0.2, 0) is 11.3 Å². The number of hydrogen-bond acceptors (Lipinski definition) is 2. The number of benzene rings is 1. The number of nitrogens with one attached hydrogen (secondary N) is 1. The fraction of sp³-hybridized carbons (Fsp3) is 0.500. The Morgan fingerprint density at radius 3 is 2.41 bits per heavy atom. The van der Waals surface area contributed by atoms with Gasteiger partial charge in [-0.3, -0.25) is 0 Å². The lowest BCUT2D eigenvalue weighted by Crippen LogP contribution is -2.23. The standard InChI is InChI=1S/C12H16F3NO/c1-10-2-4-11(5-3-10)8-16-6-7-17-9-12(13,14)15/h2-5,16H,6-9H2,1H3. The molecule has 1 N–H and O–H groups in total. The zero-order chi connectivity index (χ0) is 12.7. The van der Waals surface area contributed by atoms with Gasteiger partial charge in [0.25, 0.3) is 0 Å². The molecule has 1 rings (SSSR count). The average Bonchev–Trinajstić information content (AvgIpc) is 2.24. The average molecular weight is 247 g/mol. The van der Waals surface area contributed by atoms with Crippen LogP contribution in [-0.4, -0.2) is 25.9 Å². The maximum Gasteiger partial charge on any atom is 0.411 e. The molecule has 1 aromatic carbocycles. The molecule has 0 unspecified atom stereocenters. The summed E-state index contributed by atoms with van der Waals surface area (Å²) >= 11 is 0. The van der Waals surface area contributed by atoms with E-state index in [0.29, 0.717) is 13.1 Å². The van der Waals surface area contributed by atoms with Crippen LogP contribution >= 0.6 is 0 Å². The molecular weight excluding hydrogens is 231 g/mol. The highest BCUT2D eigenvalue weighted by molar-refractivity contribution is 5.20. The molecule has 5 heteroatoms. The van der Waals surface area contributed by atoms with Crippen molar-refractivity contribution in [2.75, 3.05) is 19.8 Å². The van der Waals surface area contributed by atoms with E-state index < -0.39 is 12.8 Å². The Kier molecular flexibility index (Phi) is 5.44.